The van der Waals surface area contributed by atoms with Crippen LogP contribution in [0.15, 0.2) is 52.4 Å². The molecule has 36 heavy (non-hydrogen) atoms. The van der Waals surface area contributed by atoms with E-state index in [4.69, 9.17) is 9.47 Å². The fraction of sp³-hybridized carbons (Fsp3) is 0.400. The second kappa shape index (κ2) is 12.0. The summed E-state index contributed by atoms with van der Waals surface area (Å²) in [4.78, 5) is 33.1. The molecule has 0 bridgehead atoms. The van der Waals surface area contributed by atoms with Crippen LogP contribution in [-0.2, 0) is 9.59 Å². The molecule has 1 saturated carbocycles. The van der Waals surface area contributed by atoms with E-state index in [-0.39, 0.29) is 24.3 Å². The number of rotatable bonds is 9. The molecule has 0 spiro atoms. The number of halogens is 2. The molecule has 1 N–H and O–H groups in total. The van der Waals surface area contributed by atoms with Crippen molar-refractivity contribution in [3.8, 4) is 11.5 Å². The van der Waals surface area contributed by atoms with E-state index in [1.165, 1.54) is 18.9 Å². The maximum atomic E-state index is 13.4. The van der Waals surface area contributed by atoms with Gasteiger partial charge in [-0.15, -0.1) is 0 Å². The van der Waals surface area contributed by atoms with Gasteiger partial charge in [0.15, 0.2) is 5.17 Å². The SMILES string of the molecule is COc1ccc(NC(=O)C[C@H]2SC(=Nc3ccc(SC(F)F)cc3)N(C3CCCC3)C2=O)c(OC)c1. The van der Waals surface area contributed by atoms with Gasteiger partial charge in [-0.3, -0.25) is 14.5 Å². The van der Waals surface area contributed by atoms with Crippen molar-refractivity contribution in [1.82, 2.24) is 4.90 Å². The Bertz CT molecular complexity index is 1120. The fourth-order valence-corrected chi connectivity index (χ4v) is 5.99. The summed E-state index contributed by atoms with van der Waals surface area (Å²) in [5.74, 6) is -1.89. The van der Waals surface area contributed by atoms with Gasteiger partial charge in [0.05, 0.1) is 25.6 Å². The quantitative estimate of drug-likeness (QED) is 0.402. The van der Waals surface area contributed by atoms with Gasteiger partial charge in [-0.2, -0.15) is 8.78 Å². The number of ether oxygens (including phenoxy) is 2. The van der Waals surface area contributed by atoms with E-state index in [2.05, 4.69) is 10.3 Å². The number of hydrogen-bond acceptors (Lipinski definition) is 7. The van der Waals surface area contributed by atoms with Crippen molar-refractivity contribution in [1.29, 1.82) is 0 Å². The van der Waals surface area contributed by atoms with Gasteiger partial charge in [0.25, 0.3) is 5.76 Å². The zero-order chi connectivity index (χ0) is 25.7. The average molecular weight is 536 g/mol. The van der Waals surface area contributed by atoms with Crippen LogP contribution in [0.2, 0.25) is 0 Å². The fourth-order valence-electron chi connectivity index (χ4n) is 4.28. The van der Waals surface area contributed by atoms with Crippen LogP contribution in [-0.4, -0.2) is 53.2 Å². The lowest BCUT2D eigenvalue weighted by molar-refractivity contribution is -0.129. The topological polar surface area (TPSA) is 80.2 Å². The van der Waals surface area contributed by atoms with E-state index < -0.39 is 11.0 Å². The summed E-state index contributed by atoms with van der Waals surface area (Å²) in [6, 6.07) is 11.6. The Balaban J connectivity index is 1.50. The van der Waals surface area contributed by atoms with Gasteiger partial charge in [-0.05, 0) is 49.2 Å². The lowest BCUT2D eigenvalue weighted by Gasteiger charge is -2.23. The number of carbonyl (C=O) groups excluding carboxylic acids is 2. The van der Waals surface area contributed by atoms with E-state index in [1.54, 1.807) is 54.5 Å². The number of carbonyl (C=O) groups is 2. The van der Waals surface area contributed by atoms with Crippen molar-refractivity contribution in [3.63, 3.8) is 0 Å². The monoisotopic (exact) mass is 535 g/mol. The van der Waals surface area contributed by atoms with E-state index >= 15 is 0 Å². The Morgan fingerprint density at radius 3 is 2.53 bits per heavy atom. The summed E-state index contributed by atoms with van der Waals surface area (Å²) in [7, 11) is 3.05. The molecule has 0 aromatic heterocycles. The largest absolute Gasteiger partial charge is 0.497 e. The van der Waals surface area contributed by atoms with Gasteiger partial charge in [0.2, 0.25) is 11.8 Å². The summed E-state index contributed by atoms with van der Waals surface area (Å²) >= 11 is 1.74. The number of amides is 2. The Kier molecular flexibility index (Phi) is 8.73. The second-order valence-corrected chi connectivity index (χ2v) is 10.6. The minimum atomic E-state index is -2.49. The van der Waals surface area contributed by atoms with Crippen LogP contribution in [0.4, 0.5) is 20.2 Å². The van der Waals surface area contributed by atoms with Crippen LogP contribution in [0.25, 0.3) is 0 Å². The molecule has 192 valence electrons. The molecule has 1 saturated heterocycles. The first kappa shape index (κ1) is 26.3. The number of methoxy groups -OCH3 is 2. The Labute approximate surface area is 217 Å². The Morgan fingerprint density at radius 1 is 1.17 bits per heavy atom. The first-order valence-electron chi connectivity index (χ1n) is 11.5. The van der Waals surface area contributed by atoms with Crippen molar-refractivity contribution >= 4 is 51.9 Å². The van der Waals surface area contributed by atoms with Crippen molar-refractivity contribution in [2.45, 2.75) is 54.0 Å². The first-order valence-corrected chi connectivity index (χ1v) is 13.3. The number of aliphatic imine (C=N–C) groups is 1. The molecule has 0 radical (unpaired) electrons. The summed E-state index contributed by atoms with van der Waals surface area (Å²) in [6.45, 7) is 0. The van der Waals surface area contributed by atoms with Crippen molar-refractivity contribution < 1.29 is 27.8 Å². The van der Waals surface area contributed by atoms with Crippen LogP contribution in [0.5, 0.6) is 11.5 Å². The minimum Gasteiger partial charge on any atom is -0.497 e. The van der Waals surface area contributed by atoms with Gasteiger partial charge >= 0.3 is 0 Å². The first-order chi connectivity index (χ1) is 17.4. The molecule has 1 atom stereocenters. The summed E-state index contributed by atoms with van der Waals surface area (Å²) < 4.78 is 35.8. The predicted octanol–water partition coefficient (Wildman–Crippen LogP) is 5.92. The number of thioether (sulfide) groups is 2. The molecule has 7 nitrogen and oxygen atoms in total. The molecule has 2 aliphatic rings. The van der Waals surface area contributed by atoms with E-state index in [0.717, 1.165) is 25.7 Å². The molecule has 0 unspecified atom stereocenters. The maximum absolute atomic E-state index is 13.4. The summed E-state index contributed by atoms with van der Waals surface area (Å²) in [5.41, 5.74) is 1.06. The van der Waals surface area contributed by atoms with Crippen LogP contribution < -0.4 is 14.8 Å². The van der Waals surface area contributed by atoms with Crippen molar-refractivity contribution in [3.05, 3.63) is 42.5 Å². The van der Waals surface area contributed by atoms with Crippen LogP contribution in [0.3, 0.4) is 0 Å². The van der Waals surface area contributed by atoms with Gasteiger partial charge < -0.3 is 14.8 Å². The van der Waals surface area contributed by atoms with Gasteiger partial charge in [-0.1, -0.05) is 36.4 Å². The highest BCUT2D eigenvalue weighted by Crippen LogP contribution is 2.38. The lowest BCUT2D eigenvalue weighted by atomic mass is 10.2. The Hall–Kier alpha value is -2.79. The number of nitrogens with zero attached hydrogens (tertiary/aromatic N) is 2. The number of benzene rings is 2. The molecule has 1 heterocycles. The summed E-state index contributed by atoms with van der Waals surface area (Å²) in [6.07, 6.45) is 3.82. The van der Waals surface area contributed by atoms with Gasteiger partial charge in [-0.25, -0.2) is 4.99 Å². The number of alkyl halides is 2. The molecule has 2 aromatic carbocycles. The van der Waals surface area contributed by atoms with E-state index in [1.807, 2.05) is 0 Å². The standard InChI is InChI=1S/C25H27F2N3O4S2/c1-33-17-9-12-19(20(13-17)34-2)29-22(31)14-21-23(32)30(16-5-3-4-6-16)25(36-21)28-15-7-10-18(11-8-15)35-24(26)27/h7-13,16,21,24H,3-6,14H2,1-2H3,(H,29,31)/t21-/m1/s1. The lowest BCUT2D eigenvalue weighted by Crippen LogP contribution is -2.40. The van der Waals surface area contributed by atoms with Crippen LogP contribution in [0, 0.1) is 0 Å². The average Bonchev–Trinajstić information content (AvgIpc) is 3.48. The van der Waals surface area contributed by atoms with E-state index in [9.17, 15) is 18.4 Å². The molecule has 1 aliphatic heterocycles. The van der Waals surface area contributed by atoms with Gasteiger partial charge in [0.1, 0.15) is 16.7 Å². The van der Waals surface area contributed by atoms with Crippen LogP contribution in [0.1, 0.15) is 32.1 Å². The molecule has 2 aromatic rings. The molecular formula is C25H27F2N3O4S2. The third kappa shape index (κ3) is 6.31. The van der Waals surface area contributed by atoms with Crippen molar-refractivity contribution in [2.75, 3.05) is 19.5 Å². The highest BCUT2D eigenvalue weighted by molar-refractivity contribution is 8.15. The number of nitrogens with one attached hydrogen (secondary N) is 1. The van der Waals surface area contributed by atoms with Crippen molar-refractivity contribution in [2.24, 2.45) is 4.99 Å². The predicted molar refractivity (Wildman–Crippen MR) is 139 cm³/mol. The molecular weight excluding hydrogens is 508 g/mol. The highest BCUT2D eigenvalue weighted by atomic mass is 32.2. The van der Waals surface area contributed by atoms with Gasteiger partial charge in [0, 0.05) is 23.4 Å². The smallest absolute Gasteiger partial charge is 0.288 e. The summed E-state index contributed by atoms with van der Waals surface area (Å²) in [5, 5.41) is 2.76. The zero-order valence-electron chi connectivity index (χ0n) is 19.9. The highest BCUT2D eigenvalue weighted by Gasteiger charge is 2.43. The number of hydrogen-bond donors (Lipinski definition) is 1. The van der Waals surface area contributed by atoms with E-state index in [0.29, 0.717) is 44.7 Å². The normalized spacial score (nSPS) is 19.4. The Morgan fingerprint density at radius 2 is 1.89 bits per heavy atom. The molecule has 1 aliphatic carbocycles. The number of anilines is 1. The zero-order valence-corrected chi connectivity index (χ0v) is 21.5. The molecule has 11 heteroatoms. The third-order valence-electron chi connectivity index (χ3n) is 6.00. The minimum absolute atomic E-state index is 0.0229. The third-order valence-corrected chi connectivity index (χ3v) is 7.87. The second-order valence-electron chi connectivity index (χ2n) is 8.34. The molecule has 2 amide bonds. The maximum Gasteiger partial charge on any atom is 0.288 e. The number of amidine groups is 1. The molecule has 2 fully saturated rings. The van der Waals surface area contributed by atoms with Crippen LogP contribution >= 0.6 is 23.5 Å². The molecule has 4 rings (SSSR count).